The van der Waals surface area contributed by atoms with E-state index in [1.165, 1.54) is 12.1 Å². The Morgan fingerprint density at radius 1 is 1.40 bits per heavy atom. The normalized spacial score (nSPS) is 10.3. The van der Waals surface area contributed by atoms with Crippen LogP contribution in [0.25, 0.3) is 0 Å². The van der Waals surface area contributed by atoms with Gasteiger partial charge >= 0.3 is 5.97 Å². The molecule has 0 saturated carbocycles. The second-order valence-electron chi connectivity index (χ2n) is 4.01. The minimum Gasteiger partial charge on any atom is -0.477 e. The van der Waals surface area contributed by atoms with E-state index < -0.39 is 17.7 Å². The third-order valence-corrected chi connectivity index (χ3v) is 4.16. The van der Waals surface area contributed by atoms with Crippen molar-refractivity contribution < 1.29 is 19.1 Å². The number of carboxylic acids is 1. The average molecular weight is 358 g/mol. The Bertz CT molecular complexity index is 699. The average Bonchev–Trinajstić information content (AvgIpc) is 2.74. The van der Waals surface area contributed by atoms with Crippen molar-refractivity contribution in [3.8, 4) is 0 Å². The van der Waals surface area contributed by atoms with Crippen molar-refractivity contribution in [2.24, 2.45) is 0 Å². The molecule has 0 saturated heterocycles. The number of aromatic carboxylic acids is 1. The van der Waals surface area contributed by atoms with Crippen molar-refractivity contribution in [1.82, 2.24) is 0 Å². The first-order chi connectivity index (χ1) is 9.40. The van der Waals surface area contributed by atoms with Gasteiger partial charge in [0.15, 0.2) is 0 Å². The lowest BCUT2D eigenvalue weighted by molar-refractivity contribution is 0.0703. The fraction of sp³-hybridized carbons (Fsp3) is 0.0769. The number of halogens is 2. The summed E-state index contributed by atoms with van der Waals surface area (Å²) < 4.78 is 14.2. The summed E-state index contributed by atoms with van der Waals surface area (Å²) in [5, 5.41) is 13.1. The quantitative estimate of drug-likeness (QED) is 0.874. The lowest BCUT2D eigenvalue weighted by Gasteiger charge is -2.07. The summed E-state index contributed by atoms with van der Waals surface area (Å²) in [7, 11) is 0. The molecule has 0 radical (unpaired) electrons. The number of benzene rings is 1. The van der Waals surface area contributed by atoms with Crippen molar-refractivity contribution in [2.75, 3.05) is 5.32 Å². The molecule has 0 aliphatic carbocycles. The van der Waals surface area contributed by atoms with E-state index in [1.54, 1.807) is 12.3 Å². The van der Waals surface area contributed by atoms with Crippen LogP contribution in [0.2, 0.25) is 0 Å². The summed E-state index contributed by atoms with van der Waals surface area (Å²) in [6.45, 7) is 1.68. The second-order valence-corrected chi connectivity index (χ2v) is 5.80. The lowest BCUT2D eigenvalue weighted by atomic mass is 10.2. The van der Waals surface area contributed by atoms with E-state index in [1.807, 2.05) is 0 Å². The van der Waals surface area contributed by atoms with Gasteiger partial charge in [0.25, 0.3) is 5.91 Å². The van der Waals surface area contributed by atoms with E-state index in [9.17, 15) is 14.0 Å². The van der Waals surface area contributed by atoms with Gasteiger partial charge in [-0.05, 0) is 36.1 Å². The maximum absolute atomic E-state index is 13.6. The molecule has 0 spiro atoms. The zero-order chi connectivity index (χ0) is 14.9. The number of amides is 1. The Morgan fingerprint density at radius 3 is 2.75 bits per heavy atom. The van der Waals surface area contributed by atoms with E-state index in [4.69, 9.17) is 5.11 Å². The van der Waals surface area contributed by atoms with Gasteiger partial charge < -0.3 is 10.4 Å². The number of hydrogen-bond donors (Lipinski definition) is 2. The van der Waals surface area contributed by atoms with Crippen molar-refractivity contribution in [3.63, 3.8) is 0 Å². The van der Waals surface area contributed by atoms with Crippen LogP contribution in [0.15, 0.2) is 28.1 Å². The summed E-state index contributed by atoms with van der Waals surface area (Å²) >= 11 is 4.17. The van der Waals surface area contributed by atoms with Crippen LogP contribution in [0.3, 0.4) is 0 Å². The van der Waals surface area contributed by atoms with Crippen LogP contribution in [0.1, 0.15) is 25.6 Å². The summed E-state index contributed by atoms with van der Waals surface area (Å²) in [5.41, 5.74) is 0.671. The standard InChI is InChI=1S/C13H9BrFNO3S/c1-6-5-20-11(13(18)19)10(6)16-12(17)8-4-7(14)2-3-9(8)15/h2-5H,1H3,(H,16,17)(H,18,19). The largest absolute Gasteiger partial charge is 0.477 e. The van der Waals surface area contributed by atoms with Crippen molar-refractivity contribution >= 4 is 44.8 Å². The highest BCUT2D eigenvalue weighted by atomic mass is 79.9. The first kappa shape index (κ1) is 14.7. The van der Waals surface area contributed by atoms with Crippen LogP contribution in [0.5, 0.6) is 0 Å². The maximum atomic E-state index is 13.6. The molecule has 0 atom stereocenters. The molecule has 20 heavy (non-hydrogen) atoms. The summed E-state index contributed by atoms with van der Waals surface area (Å²) in [5.74, 6) is -2.49. The molecule has 1 heterocycles. The molecule has 0 aliphatic rings. The molecule has 0 unspecified atom stereocenters. The third kappa shape index (κ3) is 2.88. The SMILES string of the molecule is Cc1csc(C(=O)O)c1NC(=O)c1cc(Br)ccc1F. The summed E-state index contributed by atoms with van der Waals surface area (Å²) in [6.07, 6.45) is 0. The number of carbonyl (C=O) groups excluding carboxylic acids is 1. The van der Waals surface area contributed by atoms with E-state index in [0.717, 1.165) is 17.4 Å². The van der Waals surface area contributed by atoms with E-state index in [-0.39, 0.29) is 16.1 Å². The number of carbonyl (C=O) groups is 2. The zero-order valence-corrected chi connectivity index (χ0v) is 12.6. The molecule has 7 heteroatoms. The van der Waals surface area contributed by atoms with Gasteiger partial charge in [-0.2, -0.15) is 0 Å². The van der Waals surface area contributed by atoms with Crippen LogP contribution in [0.4, 0.5) is 10.1 Å². The van der Waals surface area contributed by atoms with Gasteiger partial charge in [0.05, 0.1) is 11.3 Å². The monoisotopic (exact) mass is 357 g/mol. The third-order valence-electron chi connectivity index (χ3n) is 2.58. The molecule has 0 aliphatic heterocycles. The highest BCUT2D eigenvalue weighted by molar-refractivity contribution is 9.10. The Balaban J connectivity index is 2.35. The highest BCUT2D eigenvalue weighted by Crippen LogP contribution is 2.28. The fourth-order valence-corrected chi connectivity index (χ4v) is 2.81. The second kappa shape index (κ2) is 5.72. The van der Waals surface area contributed by atoms with Crippen molar-refractivity contribution in [2.45, 2.75) is 6.92 Å². The number of carboxylic acid groups (broad SMARTS) is 1. The van der Waals surface area contributed by atoms with Gasteiger partial charge in [0.1, 0.15) is 10.7 Å². The number of aryl methyl sites for hydroxylation is 1. The zero-order valence-electron chi connectivity index (χ0n) is 10.2. The van der Waals surface area contributed by atoms with Crippen molar-refractivity contribution in [1.29, 1.82) is 0 Å². The molecule has 1 amide bonds. The first-order valence-corrected chi connectivity index (χ1v) is 7.15. The van der Waals surface area contributed by atoms with Gasteiger partial charge in [-0.1, -0.05) is 15.9 Å². The van der Waals surface area contributed by atoms with Gasteiger partial charge in [-0.3, -0.25) is 4.79 Å². The number of anilines is 1. The topological polar surface area (TPSA) is 66.4 Å². The highest BCUT2D eigenvalue weighted by Gasteiger charge is 2.19. The van der Waals surface area contributed by atoms with E-state index in [2.05, 4.69) is 21.2 Å². The summed E-state index contributed by atoms with van der Waals surface area (Å²) in [6, 6.07) is 3.98. The molecule has 4 nitrogen and oxygen atoms in total. The van der Waals surface area contributed by atoms with Crippen LogP contribution >= 0.6 is 27.3 Å². The Kier molecular flexibility index (Phi) is 4.20. The minimum atomic E-state index is -1.13. The van der Waals surface area contributed by atoms with E-state index >= 15 is 0 Å². The Hall–Kier alpha value is -1.73. The van der Waals surface area contributed by atoms with Crippen LogP contribution in [-0.4, -0.2) is 17.0 Å². The lowest BCUT2D eigenvalue weighted by Crippen LogP contribution is -2.15. The fourth-order valence-electron chi connectivity index (χ4n) is 1.61. The smallest absolute Gasteiger partial charge is 0.348 e. The molecular weight excluding hydrogens is 349 g/mol. The molecule has 104 valence electrons. The summed E-state index contributed by atoms with van der Waals surface area (Å²) in [4.78, 5) is 23.1. The van der Waals surface area contributed by atoms with E-state index in [0.29, 0.717) is 10.0 Å². The van der Waals surface area contributed by atoms with Gasteiger partial charge in [0, 0.05) is 4.47 Å². The first-order valence-electron chi connectivity index (χ1n) is 5.48. The van der Waals surface area contributed by atoms with Gasteiger partial charge in [-0.15, -0.1) is 11.3 Å². The van der Waals surface area contributed by atoms with Crippen LogP contribution < -0.4 is 5.32 Å². The molecule has 1 aromatic carbocycles. The number of hydrogen-bond acceptors (Lipinski definition) is 3. The van der Waals surface area contributed by atoms with Gasteiger partial charge in [-0.25, -0.2) is 9.18 Å². The molecule has 1 aromatic heterocycles. The van der Waals surface area contributed by atoms with Gasteiger partial charge in [0.2, 0.25) is 0 Å². The van der Waals surface area contributed by atoms with Crippen LogP contribution in [0, 0.1) is 12.7 Å². The molecule has 2 N–H and O–H groups in total. The minimum absolute atomic E-state index is 0.0197. The Morgan fingerprint density at radius 2 is 2.10 bits per heavy atom. The molecular formula is C13H9BrFNO3S. The number of rotatable bonds is 3. The molecule has 2 aromatic rings. The Labute approximate surface area is 126 Å². The predicted molar refractivity (Wildman–Crippen MR) is 78.1 cm³/mol. The molecule has 0 fully saturated rings. The predicted octanol–water partition coefficient (Wildman–Crippen LogP) is 3.91. The molecule has 2 rings (SSSR count). The number of thiophene rings is 1. The maximum Gasteiger partial charge on any atom is 0.348 e. The van der Waals surface area contributed by atoms with Crippen LogP contribution in [-0.2, 0) is 0 Å². The molecule has 0 bridgehead atoms. The van der Waals surface area contributed by atoms with Crippen molar-refractivity contribution in [3.05, 3.63) is 49.9 Å². The number of nitrogens with one attached hydrogen (secondary N) is 1.